The Balaban J connectivity index is 1.61. The molecule has 122 valence electrons. The maximum atomic E-state index is 12.6. The Bertz CT molecular complexity index is 609. The fourth-order valence-corrected chi connectivity index (χ4v) is 3.37. The third-order valence-corrected chi connectivity index (χ3v) is 4.75. The molecule has 3 rings (SSSR count). The molecule has 2 heterocycles. The van der Waals surface area contributed by atoms with E-state index in [0.29, 0.717) is 32.5 Å². The van der Waals surface area contributed by atoms with Gasteiger partial charge in [-0.2, -0.15) is 0 Å². The SMILES string of the molecule is NC(=O)C1CCN(C(=O)C2CC(=O)N(c3ccccc3)C2)CC1. The second kappa shape index (κ2) is 6.40. The maximum Gasteiger partial charge on any atom is 0.228 e. The van der Waals surface area contributed by atoms with Crippen LogP contribution in [0.1, 0.15) is 19.3 Å². The van der Waals surface area contributed by atoms with Gasteiger partial charge in [0.25, 0.3) is 0 Å². The summed E-state index contributed by atoms with van der Waals surface area (Å²) in [6, 6.07) is 9.42. The molecular weight excluding hydrogens is 294 g/mol. The van der Waals surface area contributed by atoms with Gasteiger partial charge >= 0.3 is 0 Å². The minimum Gasteiger partial charge on any atom is -0.369 e. The van der Waals surface area contributed by atoms with E-state index >= 15 is 0 Å². The van der Waals surface area contributed by atoms with Gasteiger partial charge in [-0.15, -0.1) is 0 Å². The van der Waals surface area contributed by atoms with Gasteiger partial charge in [0.05, 0.1) is 5.92 Å². The number of piperidine rings is 1. The minimum atomic E-state index is -0.298. The third kappa shape index (κ3) is 3.21. The third-order valence-electron chi connectivity index (χ3n) is 4.75. The number of nitrogens with two attached hydrogens (primary N) is 1. The van der Waals surface area contributed by atoms with E-state index in [1.165, 1.54) is 0 Å². The first kappa shape index (κ1) is 15.5. The molecule has 1 aromatic rings. The first-order valence-electron chi connectivity index (χ1n) is 8.00. The molecule has 23 heavy (non-hydrogen) atoms. The molecule has 0 bridgehead atoms. The van der Waals surface area contributed by atoms with Crippen LogP contribution in [0.5, 0.6) is 0 Å². The van der Waals surface area contributed by atoms with Crippen molar-refractivity contribution in [1.82, 2.24) is 4.90 Å². The van der Waals surface area contributed by atoms with Crippen LogP contribution in [-0.4, -0.2) is 42.3 Å². The molecule has 0 aliphatic carbocycles. The van der Waals surface area contributed by atoms with Crippen LogP contribution in [0.4, 0.5) is 5.69 Å². The summed E-state index contributed by atoms with van der Waals surface area (Å²) in [5.41, 5.74) is 6.15. The number of amides is 3. The molecule has 3 amide bonds. The predicted molar refractivity (Wildman–Crippen MR) is 85.4 cm³/mol. The van der Waals surface area contributed by atoms with Crippen molar-refractivity contribution >= 4 is 23.4 Å². The summed E-state index contributed by atoms with van der Waals surface area (Å²) >= 11 is 0. The number of hydrogen-bond donors (Lipinski definition) is 1. The Morgan fingerprint density at radius 2 is 1.70 bits per heavy atom. The number of likely N-dealkylation sites (tertiary alicyclic amines) is 1. The zero-order chi connectivity index (χ0) is 16.4. The van der Waals surface area contributed by atoms with Gasteiger partial charge in [0.2, 0.25) is 17.7 Å². The Kier molecular flexibility index (Phi) is 4.32. The fourth-order valence-electron chi connectivity index (χ4n) is 3.37. The Morgan fingerprint density at radius 1 is 1.04 bits per heavy atom. The normalized spacial score (nSPS) is 22.4. The van der Waals surface area contributed by atoms with Crippen molar-refractivity contribution in [2.75, 3.05) is 24.5 Å². The van der Waals surface area contributed by atoms with E-state index in [2.05, 4.69) is 0 Å². The predicted octanol–water partition coefficient (Wildman–Crippen LogP) is 0.763. The standard InChI is InChI=1S/C17H21N3O3/c18-16(22)12-6-8-19(9-7-12)17(23)13-10-15(21)20(11-13)14-4-2-1-3-5-14/h1-5,12-13H,6-11H2,(H2,18,22). The molecule has 1 unspecified atom stereocenters. The van der Waals surface area contributed by atoms with Crippen LogP contribution < -0.4 is 10.6 Å². The summed E-state index contributed by atoms with van der Waals surface area (Å²) < 4.78 is 0. The minimum absolute atomic E-state index is 0.0124. The number of anilines is 1. The zero-order valence-electron chi connectivity index (χ0n) is 13.0. The van der Waals surface area contributed by atoms with Gasteiger partial charge in [0, 0.05) is 37.7 Å². The van der Waals surface area contributed by atoms with Crippen LogP contribution in [0.25, 0.3) is 0 Å². The van der Waals surface area contributed by atoms with Gasteiger partial charge in [0.1, 0.15) is 0 Å². The lowest BCUT2D eigenvalue weighted by Crippen LogP contribution is -2.44. The number of carbonyl (C=O) groups is 3. The number of benzene rings is 1. The molecule has 0 aromatic heterocycles. The lowest BCUT2D eigenvalue weighted by atomic mass is 9.95. The van der Waals surface area contributed by atoms with Gasteiger partial charge in [-0.3, -0.25) is 14.4 Å². The van der Waals surface area contributed by atoms with Gasteiger partial charge in [-0.25, -0.2) is 0 Å². The second-order valence-electron chi connectivity index (χ2n) is 6.24. The maximum absolute atomic E-state index is 12.6. The summed E-state index contributed by atoms with van der Waals surface area (Å²) in [6.07, 6.45) is 1.48. The summed E-state index contributed by atoms with van der Waals surface area (Å²) in [5.74, 6) is -0.720. The highest BCUT2D eigenvalue weighted by Crippen LogP contribution is 2.27. The van der Waals surface area contributed by atoms with E-state index < -0.39 is 0 Å². The molecule has 2 N–H and O–H groups in total. The van der Waals surface area contributed by atoms with Crippen molar-refractivity contribution in [3.63, 3.8) is 0 Å². The van der Waals surface area contributed by atoms with Crippen LogP contribution in [0.3, 0.4) is 0 Å². The molecule has 0 spiro atoms. The molecule has 2 fully saturated rings. The second-order valence-corrected chi connectivity index (χ2v) is 6.24. The first-order chi connectivity index (χ1) is 11.1. The van der Waals surface area contributed by atoms with Gasteiger partial charge in [0.15, 0.2) is 0 Å². The van der Waals surface area contributed by atoms with E-state index in [4.69, 9.17) is 5.73 Å². The number of carbonyl (C=O) groups excluding carboxylic acids is 3. The molecule has 0 saturated carbocycles. The molecule has 6 nitrogen and oxygen atoms in total. The summed E-state index contributed by atoms with van der Waals surface area (Å²) in [6.45, 7) is 1.52. The molecule has 2 saturated heterocycles. The molecule has 1 atom stereocenters. The lowest BCUT2D eigenvalue weighted by molar-refractivity contribution is -0.138. The van der Waals surface area contributed by atoms with E-state index in [-0.39, 0.29) is 36.0 Å². The number of rotatable bonds is 3. The average molecular weight is 315 g/mol. The summed E-state index contributed by atoms with van der Waals surface area (Å²) in [5, 5.41) is 0. The molecule has 0 radical (unpaired) electrons. The highest BCUT2D eigenvalue weighted by molar-refractivity contribution is 6.00. The van der Waals surface area contributed by atoms with Crippen LogP contribution >= 0.6 is 0 Å². The van der Waals surface area contributed by atoms with Crippen LogP contribution in [0, 0.1) is 11.8 Å². The quantitative estimate of drug-likeness (QED) is 0.894. The highest BCUT2D eigenvalue weighted by atomic mass is 16.2. The fraction of sp³-hybridized carbons (Fsp3) is 0.471. The Hall–Kier alpha value is -2.37. The number of hydrogen-bond acceptors (Lipinski definition) is 3. The monoisotopic (exact) mass is 315 g/mol. The van der Waals surface area contributed by atoms with E-state index in [9.17, 15) is 14.4 Å². The van der Waals surface area contributed by atoms with Gasteiger partial charge in [-0.1, -0.05) is 18.2 Å². The highest BCUT2D eigenvalue weighted by Gasteiger charge is 2.38. The average Bonchev–Trinajstić information content (AvgIpc) is 2.97. The van der Waals surface area contributed by atoms with Crippen molar-refractivity contribution in [2.24, 2.45) is 17.6 Å². The number of primary amides is 1. The van der Waals surface area contributed by atoms with Gasteiger partial charge in [-0.05, 0) is 25.0 Å². The van der Waals surface area contributed by atoms with Crippen molar-refractivity contribution < 1.29 is 14.4 Å². The van der Waals surface area contributed by atoms with E-state index in [1.807, 2.05) is 30.3 Å². The van der Waals surface area contributed by atoms with E-state index in [1.54, 1.807) is 9.80 Å². The molecule has 2 aliphatic rings. The zero-order valence-corrected chi connectivity index (χ0v) is 13.0. The largest absolute Gasteiger partial charge is 0.369 e. The van der Waals surface area contributed by atoms with E-state index in [0.717, 1.165) is 5.69 Å². The van der Waals surface area contributed by atoms with Crippen LogP contribution in [-0.2, 0) is 14.4 Å². The topological polar surface area (TPSA) is 83.7 Å². The first-order valence-corrected chi connectivity index (χ1v) is 8.00. The Labute approximate surface area is 135 Å². The number of para-hydroxylation sites is 1. The molecule has 6 heteroatoms. The van der Waals surface area contributed by atoms with Crippen LogP contribution in [0.2, 0.25) is 0 Å². The van der Waals surface area contributed by atoms with Crippen LogP contribution in [0.15, 0.2) is 30.3 Å². The number of nitrogens with zero attached hydrogens (tertiary/aromatic N) is 2. The van der Waals surface area contributed by atoms with Crippen molar-refractivity contribution in [2.45, 2.75) is 19.3 Å². The van der Waals surface area contributed by atoms with Crippen molar-refractivity contribution in [3.8, 4) is 0 Å². The smallest absolute Gasteiger partial charge is 0.228 e. The van der Waals surface area contributed by atoms with Crippen molar-refractivity contribution in [3.05, 3.63) is 30.3 Å². The molecular formula is C17H21N3O3. The molecule has 2 aliphatic heterocycles. The van der Waals surface area contributed by atoms with Crippen molar-refractivity contribution in [1.29, 1.82) is 0 Å². The summed E-state index contributed by atoms with van der Waals surface area (Å²) in [7, 11) is 0. The summed E-state index contributed by atoms with van der Waals surface area (Å²) in [4.78, 5) is 39.5. The Morgan fingerprint density at radius 3 is 2.30 bits per heavy atom. The lowest BCUT2D eigenvalue weighted by Gasteiger charge is -2.32. The van der Waals surface area contributed by atoms with Gasteiger partial charge < -0.3 is 15.5 Å². The molecule has 1 aromatic carbocycles.